The van der Waals surface area contributed by atoms with Crippen LogP contribution in [0.15, 0.2) is 97.3 Å². The molecule has 2 aromatic heterocycles. The average Bonchev–Trinajstić information content (AvgIpc) is 4.11. The number of carbonyl (C=O) groups excluding carboxylic acids is 5. The van der Waals surface area contributed by atoms with Gasteiger partial charge in [-0.25, -0.2) is 14.8 Å². The number of ether oxygens (including phenoxy) is 3. The first-order chi connectivity index (χ1) is 36.1. The van der Waals surface area contributed by atoms with E-state index in [1.54, 1.807) is 48.7 Å². The first-order valence-electron chi connectivity index (χ1n) is 25.6. The summed E-state index contributed by atoms with van der Waals surface area (Å²) < 4.78 is 16.8. The summed E-state index contributed by atoms with van der Waals surface area (Å²) in [6.45, 7) is 4.27. The fraction of sp³-hybridized carbons (Fsp3) is 0.436. The summed E-state index contributed by atoms with van der Waals surface area (Å²) >= 11 is 8.42. The minimum Gasteiger partial charge on any atom is -0.379 e. The highest BCUT2D eigenvalue weighted by molar-refractivity contribution is 8.00. The summed E-state index contributed by atoms with van der Waals surface area (Å²) in [6.07, 6.45) is 14.8. The number of Topliss-reactive ketones (excluding diaryl/α,β-unsaturated/α-hetero) is 2. The van der Waals surface area contributed by atoms with Crippen LogP contribution in [0, 0.1) is 0 Å². The van der Waals surface area contributed by atoms with Crippen LogP contribution in [0.5, 0.6) is 0 Å². The van der Waals surface area contributed by atoms with Gasteiger partial charge in [-0.15, -0.1) is 0 Å². The molecule has 1 unspecified atom stereocenters. The Labute approximate surface area is 442 Å². The van der Waals surface area contributed by atoms with Crippen molar-refractivity contribution < 1.29 is 38.2 Å². The quantitative estimate of drug-likeness (QED) is 0.0131. The van der Waals surface area contributed by atoms with Gasteiger partial charge in [0, 0.05) is 108 Å². The fourth-order valence-electron chi connectivity index (χ4n) is 8.76. The number of anilines is 4. The van der Waals surface area contributed by atoms with Crippen molar-refractivity contribution >= 4 is 86.7 Å². The van der Waals surface area contributed by atoms with Gasteiger partial charge in [-0.3, -0.25) is 19.2 Å². The number of amides is 4. The van der Waals surface area contributed by atoms with Gasteiger partial charge in [0.2, 0.25) is 11.9 Å². The Hall–Kier alpha value is -6.15. The second-order valence-electron chi connectivity index (χ2n) is 18.5. The molecule has 0 radical (unpaired) electrons. The summed E-state index contributed by atoms with van der Waals surface area (Å²) in [7, 11) is 1.97. The third-order valence-corrected chi connectivity index (χ3v) is 14.5. The summed E-state index contributed by atoms with van der Waals surface area (Å²) in [4.78, 5) is 76.3. The average molecular weight is 1050 g/mol. The molecule has 6 N–H and O–H groups in total. The van der Waals surface area contributed by atoms with Crippen molar-refractivity contribution in [3.8, 4) is 11.3 Å². The lowest BCUT2D eigenvalue weighted by Gasteiger charge is -2.16. The number of aromatic amines is 1. The molecule has 0 bridgehead atoms. The highest BCUT2D eigenvalue weighted by Crippen LogP contribution is 2.34. The number of para-hydroxylation sites is 1. The molecule has 0 spiro atoms. The number of hydrogen-bond acceptors (Lipinski definition) is 13. The molecule has 3 aromatic carbocycles. The summed E-state index contributed by atoms with van der Waals surface area (Å²) in [5.74, 6) is 1.23. The zero-order valence-corrected chi connectivity index (χ0v) is 43.6. The lowest BCUT2D eigenvalue weighted by atomic mass is 10.0. The van der Waals surface area contributed by atoms with Crippen LogP contribution in [0.1, 0.15) is 81.0 Å². The largest absolute Gasteiger partial charge is 0.379 e. The van der Waals surface area contributed by atoms with Crippen LogP contribution in [0.25, 0.3) is 22.2 Å². The van der Waals surface area contributed by atoms with Crippen LogP contribution in [0.4, 0.5) is 27.8 Å². The van der Waals surface area contributed by atoms with E-state index in [-0.39, 0.29) is 41.5 Å². The molecule has 2 saturated heterocycles. The topological polar surface area (TPSA) is 218 Å². The number of rotatable bonds is 33. The molecule has 7 rings (SSSR count). The SMILES string of the molecule is CN(C/C=C/C(=O)Nc1ccc(C(=O)Nc2cccc(Nc3ncc(Cl)c(-c4c[nH]c5ccccc45)n3)c2)cc1)CCCCC(=O)CCCOCCOCCOCCCC(=O)CCCCC1SC[C@@H]2NC(=O)N[C@H]12. The van der Waals surface area contributed by atoms with Crippen molar-refractivity contribution in [2.24, 2.45) is 0 Å². The molecule has 4 amide bonds. The van der Waals surface area contributed by atoms with E-state index >= 15 is 0 Å². The maximum Gasteiger partial charge on any atom is 0.315 e. The van der Waals surface area contributed by atoms with Crippen molar-refractivity contribution in [1.82, 2.24) is 30.5 Å². The van der Waals surface area contributed by atoms with E-state index in [2.05, 4.69) is 46.4 Å². The highest BCUT2D eigenvalue weighted by Gasteiger charge is 2.42. The molecule has 3 atom stereocenters. The number of benzene rings is 3. The van der Waals surface area contributed by atoms with Crippen molar-refractivity contribution in [2.75, 3.05) is 81.5 Å². The van der Waals surface area contributed by atoms with Gasteiger partial charge < -0.3 is 50.7 Å². The number of unbranched alkanes of at least 4 members (excludes halogenated alkanes) is 2. The molecule has 0 aliphatic carbocycles. The molecule has 74 heavy (non-hydrogen) atoms. The Morgan fingerprint density at radius 2 is 1.47 bits per heavy atom. The van der Waals surface area contributed by atoms with Gasteiger partial charge >= 0.3 is 6.03 Å². The fourth-order valence-corrected chi connectivity index (χ4v) is 10.5. The molecule has 17 nitrogen and oxygen atoms in total. The molecule has 0 saturated carbocycles. The molecule has 2 aliphatic rings. The van der Waals surface area contributed by atoms with E-state index in [1.807, 2.05) is 61.4 Å². The minimum absolute atomic E-state index is 0.0609. The zero-order valence-electron chi connectivity index (χ0n) is 42.0. The first kappa shape index (κ1) is 55.6. The standard InChI is InChI=1S/C55H68ClN9O8S/c1-65(26-7-6-15-43(67)17-11-29-72-31-33-73-32-30-71-28-10-16-42(66)14-2-5-20-49-52-48(37-74-49)62-55(70)64-52)27-9-21-50(68)59-39-24-22-38(23-25-39)53(69)60-40-12-8-13-41(34-40)61-54-58-36-46(56)51(63-54)45-35-57-47-19-4-3-18-44(45)47/h3-4,8-9,12-13,18-19,21-25,34-36,48-49,52,57H,2,5-7,10-11,14-17,20,26-33,37H2,1H3,(H,59,68)(H,60,69)(H,58,61,63)(H2,62,64,70)/b21-9+/t48-,49?,52-/m0/s1. The maximum atomic E-state index is 13.1. The third kappa shape index (κ3) is 18.1. The predicted octanol–water partition coefficient (Wildman–Crippen LogP) is 9.35. The van der Waals surface area contributed by atoms with Gasteiger partial charge in [-0.05, 0) is 101 Å². The van der Waals surface area contributed by atoms with Crippen LogP contribution >= 0.6 is 23.4 Å². The second-order valence-corrected chi connectivity index (χ2v) is 20.2. The Bertz CT molecular complexity index is 2670. The number of hydrogen-bond donors (Lipinski definition) is 6. The summed E-state index contributed by atoms with van der Waals surface area (Å²) in [5.41, 5.74) is 4.65. The number of ketones is 2. The normalized spacial score (nSPS) is 16.1. The van der Waals surface area contributed by atoms with Gasteiger partial charge in [-0.2, -0.15) is 11.8 Å². The van der Waals surface area contributed by atoms with Gasteiger partial charge in [0.05, 0.1) is 55.4 Å². The van der Waals surface area contributed by atoms with Crippen LogP contribution in [0.2, 0.25) is 5.02 Å². The van der Waals surface area contributed by atoms with E-state index < -0.39 is 0 Å². The number of nitrogens with one attached hydrogen (secondary N) is 6. The van der Waals surface area contributed by atoms with E-state index in [0.29, 0.717) is 129 Å². The number of urea groups is 1. The molecular formula is C55H68ClN9O8S. The number of aromatic nitrogens is 3. The van der Waals surface area contributed by atoms with Crippen molar-refractivity contribution in [1.29, 1.82) is 0 Å². The summed E-state index contributed by atoms with van der Waals surface area (Å²) in [5, 5.41) is 16.8. The van der Waals surface area contributed by atoms with Gasteiger partial charge in [0.15, 0.2) is 0 Å². The number of nitrogens with zero attached hydrogens (tertiary/aromatic N) is 3. The second kappa shape index (κ2) is 29.7. The molecule has 394 valence electrons. The number of fused-ring (bicyclic) bond motifs is 2. The molecule has 4 heterocycles. The van der Waals surface area contributed by atoms with E-state index in [9.17, 15) is 24.0 Å². The minimum atomic E-state index is -0.311. The number of halogens is 1. The third-order valence-electron chi connectivity index (χ3n) is 12.7. The molecule has 5 aromatic rings. The number of carbonyl (C=O) groups is 5. The maximum absolute atomic E-state index is 13.1. The van der Waals surface area contributed by atoms with Crippen LogP contribution in [-0.4, -0.2) is 132 Å². The molecular weight excluding hydrogens is 982 g/mol. The number of H-pyrrole nitrogens is 1. The number of likely N-dealkylation sites (N-methyl/N-ethyl adjacent to an activating group) is 1. The molecule has 2 aliphatic heterocycles. The van der Waals surface area contributed by atoms with Crippen molar-refractivity contribution in [2.45, 2.75) is 88.0 Å². The van der Waals surface area contributed by atoms with Crippen LogP contribution in [-0.2, 0) is 28.6 Å². The van der Waals surface area contributed by atoms with Crippen molar-refractivity contribution in [3.63, 3.8) is 0 Å². The Kier molecular flexibility index (Phi) is 22.3. The van der Waals surface area contributed by atoms with E-state index in [1.165, 1.54) is 6.08 Å². The Morgan fingerprint density at radius 1 is 0.784 bits per heavy atom. The monoisotopic (exact) mass is 1050 g/mol. The van der Waals surface area contributed by atoms with Gasteiger partial charge in [0.25, 0.3) is 5.91 Å². The van der Waals surface area contributed by atoms with E-state index in [0.717, 1.165) is 60.9 Å². The lowest BCUT2D eigenvalue weighted by Crippen LogP contribution is -2.36. The van der Waals surface area contributed by atoms with Crippen LogP contribution in [0.3, 0.4) is 0 Å². The smallest absolute Gasteiger partial charge is 0.315 e. The number of thioether (sulfide) groups is 1. The zero-order chi connectivity index (χ0) is 51.9. The summed E-state index contributed by atoms with van der Waals surface area (Å²) in [6, 6.07) is 22.2. The Morgan fingerprint density at radius 3 is 2.23 bits per heavy atom. The first-order valence-corrected chi connectivity index (χ1v) is 27.0. The van der Waals surface area contributed by atoms with E-state index in [4.69, 9.17) is 25.8 Å². The van der Waals surface area contributed by atoms with Gasteiger partial charge in [0.1, 0.15) is 11.6 Å². The predicted molar refractivity (Wildman–Crippen MR) is 292 cm³/mol. The molecule has 19 heteroatoms. The Balaban J connectivity index is 0.654. The van der Waals surface area contributed by atoms with Crippen molar-refractivity contribution in [3.05, 3.63) is 108 Å². The van der Waals surface area contributed by atoms with Gasteiger partial charge in [-0.1, -0.05) is 48.4 Å². The lowest BCUT2D eigenvalue weighted by molar-refractivity contribution is -0.120. The molecule has 2 fully saturated rings. The van der Waals surface area contributed by atoms with Crippen LogP contribution < -0.4 is 26.6 Å². The highest BCUT2D eigenvalue weighted by atomic mass is 35.5.